The smallest absolute Gasteiger partial charge is 0.246 e. The standard InChI is InChI=1S/C25H20FNO5/c1-29-21-10-15(6-7-18(21)26)13-27-19-5-3-2-4-16(19)25(24(27)28)14-32-20-12-23-22(11-17(20)25)30-8-9-31-23/h2-7,10-12H,8-9,13-14H2,1H3. The van der Waals surface area contributed by atoms with Crippen LogP contribution in [0.3, 0.4) is 0 Å². The zero-order chi connectivity index (χ0) is 21.9. The Labute approximate surface area is 184 Å². The molecule has 1 unspecified atom stereocenters. The highest BCUT2D eigenvalue weighted by Crippen LogP contribution is 2.55. The number of fused-ring (bicyclic) bond motifs is 5. The third-order valence-electron chi connectivity index (χ3n) is 6.37. The summed E-state index contributed by atoms with van der Waals surface area (Å²) in [5.74, 6) is 1.49. The summed E-state index contributed by atoms with van der Waals surface area (Å²) in [4.78, 5) is 15.7. The first-order chi connectivity index (χ1) is 15.6. The predicted octanol–water partition coefficient (Wildman–Crippen LogP) is 3.83. The van der Waals surface area contributed by atoms with Gasteiger partial charge in [-0.1, -0.05) is 24.3 Å². The fourth-order valence-corrected chi connectivity index (χ4v) is 4.85. The SMILES string of the molecule is COc1cc(CN2C(=O)C3(COc4cc5c(cc43)OCCO5)c3ccccc32)ccc1F. The van der Waals surface area contributed by atoms with Gasteiger partial charge in [0.15, 0.2) is 23.1 Å². The van der Waals surface area contributed by atoms with Gasteiger partial charge in [-0.05, 0) is 35.4 Å². The van der Waals surface area contributed by atoms with Crippen molar-refractivity contribution in [1.29, 1.82) is 0 Å². The molecule has 6 nitrogen and oxygen atoms in total. The van der Waals surface area contributed by atoms with Crippen molar-refractivity contribution in [3.63, 3.8) is 0 Å². The summed E-state index contributed by atoms with van der Waals surface area (Å²) in [7, 11) is 1.42. The lowest BCUT2D eigenvalue weighted by atomic mass is 9.77. The Morgan fingerprint density at radius 3 is 2.56 bits per heavy atom. The molecule has 0 saturated carbocycles. The van der Waals surface area contributed by atoms with Crippen LogP contribution >= 0.6 is 0 Å². The number of benzene rings is 3. The molecule has 3 heterocycles. The molecule has 3 aromatic carbocycles. The first-order valence-electron chi connectivity index (χ1n) is 10.4. The molecule has 3 aliphatic heterocycles. The summed E-state index contributed by atoms with van der Waals surface area (Å²) in [6, 6.07) is 16.0. The van der Waals surface area contributed by atoms with Crippen molar-refractivity contribution >= 4 is 11.6 Å². The van der Waals surface area contributed by atoms with Crippen molar-refractivity contribution in [2.45, 2.75) is 12.0 Å². The van der Waals surface area contributed by atoms with Crippen LogP contribution < -0.4 is 23.8 Å². The van der Waals surface area contributed by atoms with Crippen molar-refractivity contribution < 1.29 is 28.1 Å². The second kappa shape index (κ2) is 6.88. The highest BCUT2D eigenvalue weighted by atomic mass is 19.1. The maximum atomic E-state index is 14.0. The molecule has 6 rings (SSSR count). The molecule has 0 N–H and O–H groups in total. The summed E-state index contributed by atoms with van der Waals surface area (Å²) >= 11 is 0. The third-order valence-corrected chi connectivity index (χ3v) is 6.37. The maximum absolute atomic E-state index is 14.0. The number of methoxy groups -OCH3 is 1. The molecule has 1 spiro atoms. The predicted molar refractivity (Wildman–Crippen MR) is 114 cm³/mol. The molecule has 3 aromatic rings. The number of nitrogens with zero attached hydrogens (tertiary/aromatic N) is 1. The second-order valence-electron chi connectivity index (χ2n) is 8.06. The van der Waals surface area contributed by atoms with Gasteiger partial charge in [-0.3, -0.25) is 4.79 Å². The van der Waals surface area contributed by atoms with Crippen molar-refractivity contribution in [2.24, 2.45) is 0 Å². The number of carbonyl (C=O) groups excluding carboxylic acids is 1. The Kier molecular flexibility index (Phi) is 4.08. The van der Waals surface area contributed by atoms with E-state index in [1.165, 1.54) is 13.2 Å². The Morgan fingerprint density at radius 1 is 0.969 bits per heavy atom. The molecule has 1 atom stereocenters. The number of anilines is 1. The molecule has 0 aromatic heterocycles. The highest BCUT2D eigenvalue weighted by Gasteiger charge is 2.57. The van der Waals surface area contributed by atoms with E-state index in [-0.39, 0.29) is 24.8 Å². The number of ether oxygens (including phenoxy) is 4. The quantitative estimate of drug-likeness (QED) is 0.629. The third kappa shape index (κ3) is 2.54. The van der Waals surface area contributed by atoms with E-state index >= 15 is 0 Å². The van der Waals surface area contributed by atoms with Crippen LogP contribution in [0, 0.1) is 5.82 Å². The number of amides is 1. The molecule has 0 fully saturated rings. The van der Waals surface area contributed by atoms with Crippen LogP contribution in [-0.4, -0.2) is 32.8 Å². The minimum atomic E-state index is -0.966. The number of para-hydroxylation sites is 1. The van der Waals surface area contributed by atoms with E-state index in [1.54, 1.807) is 17.0 Å². The minimum Gasteiger partial charge on any atom is -0.494 e. The number of rotatable bonds is 3. The largest absolute Gasteiger partial charge is 0.494 e. The van der Waals surface area contributed by atoms with E-state index in [2.05, 4.69) is 0 Å². The van der Waals surface area contributed by atoms with Crippen LogP contribution in [0.4, 0.5) is 10.1 Å². The summed E-state index contributed by atoms with van der Waals surface area (Å²) in [5, 5.41) is 0. The number of hydrogen-bond donors (Lipinski definition) is 0. The van der Waals surface area contributed by atoms with Crippen LogP contribution in [0.15, 0.2) is 54.6 Å². The van der Waals surface area contributed by atoms with Crippen molar-refractivity contribution in [2.75, 3.05) is 31.8 Å². The summed E-state index contributed by atoms with van der Waals surface area (Å²) in [6.45, 7) is 1.43. The van der Waals surface area contributed by atoms with E-state index in [0.29, 0.717) is 30.5 Å². The van der Waals surface area contributed by atoms with Gasteiger partial charge in [0, 0.05) is 17.3 Å². The lowest BCUT2D eigenvalue weighted by Crippen LogP contribution is -2.42. The van der Waals surface area contributed by atoms with Crippen molar-refractivity contribution in [3.05, 3.63) is 77.1 Å². The normalized spacial score (nSPS) is 20.2. The Hall–Kier alpha value is -3.74. The number of hydrogen-bond acceptors (Lipinski definition) is 5. The average Bonchev–Trinajstić information content (AvgIpc) is 3.31. The maximum Gasteiger partial charge on any atom is 0.246 e. The minimum absolute atomic E-state index is 0.0857. The van der Waals surface area contributed by atoms with Gasteiger partial charge >= 0.3 is 0 Å². The molecular weight excluding hydrogens is 413 g/mol. The molecule has 1 amide bonds. The lowest BCUT2D eigenvalue weighted by Gasteiger charge is -2.24. The number of halogens is 1. The van der Waals surface area contributed by atoms with Crippen LogP contribution in [0.1, 0.15) is 16.7 Å². The van der Waals surface area contributed by atoms with Gasteiger partial charge in [-0.15, -0.1) is 0 Å². The second-order valence-corrected chi connectivity index (χ2v) is 8.06. The molecule has 3 aliphatic rings. The number of carbonyl (C=O) groups is 1. The van der Waals surface area contributed by atoms with Crippen LogP contribution in [0.2, 0.25) is 0 Å². The summed E-state index contributed by atoms with van der Waals surface area (Å²) in [5.41, 5.74) is 2.27. The first kappa shape index (κ1) is 19.0. The molecular formula is C25H20FNO5. The molecule has 0 aliphatic carbocycles. The molecule has 0 bridgehead atoms. The zero-order valence-corrected chi connectivity index (χ0v) is 17.4. The van der Waals surface area contributed by atoms with Crippen LogP contribution in [0.5, 0.6) is 23.0 Å². The van der Waals surface area contributed by atoms with Crippen molar-refractivity contribution in [1.82, 2.24) is 0 Å². The topological polar surface area (TPSA) is 57.2 Å². The van der Waals surface area contributed by atoms with Gasteiger partial charge in [0.25, 0.3) is 0 Å². The van der Waals surface area contributed by atoms with Gasteiger partial charge in [0.2, 0.25) is 5.91 Å². The van der Waals surface area contributed by atoms with E-state index in [4.69, 9.17) is 18.9 Å². The van der Waals surface area contributed by atoms with E-state index < -0.39 is 11.2 Å². The van der Waals surface area contributed by atoms with Gasteiger partial charge < -0.3 is 23.8 Å². The molecule has 0 radical (unpaired) electrons. The van der Waals surface area contributed by atoms with E-state index in [1.807, 2.05) is 36.4 Å². The van der Waals surface area contributed by atoms with Crippen molar-refractivity contribution in [3.8, 4) is 23.0 Å². The highest BCUT2D eigenvalue weighted by molar-refractivity contribution is 6.11. The Balaban J connectivity index is 1.46. The van der Waals surface area contributed by atoms with Gasteiger partial charge in [-0.2, -0.15) is 0 Å². The summed E-state index contributed by atoms with van der Waals surface area (Å²) in [6.07, 6.45) is 0. The first-order valence-corrected chi connectivity index (χ1v) is 10.4. The summed E-state index contributed by atoms with van der Waals surface area (Å²) < 4.78 is 36.5. The van der Waals surface area contributed by atoms with E-state index in [0.717, 1.165) is 22.4 Å². The van der Waals surface area contributed by atoms with E-state index in [9.17, 15) is 9.18 Å². The van der Waals surface area contributed by atoms with Gasteiger partial charge in [-0.25, -0.2) is 4.39 Å². The van der Waals surface area contributed by atoms with Crippen LogP contribution in [-0.2, 0) is 16.8 Å². The van der Waals surface area contributed by atoms with Gasteiger partial charge in [0.1, 0.15) is 31.0 Å². The molecule has 0 saturated heterocycles. The molecule has 162 valence electrons. The fourth-order valence-electron chi connectivity index (χ4n) is 4.85. The monoisotopic (exact) mass is 433 g/mol. The zero-order valence-electron chi connectivity index (χ0n) is 17.4. The Bertz CT molecular complexity index is 1260. The molecule has 7 heteroatoms. The fraction of sp³-hybridized carbons (Fsp3) is 0.240. The Morgan fingerprint density at radius 2 is 1.75 bits per heavy atom. The molecule has 32 heavy (non-hydrogen) atoms. The van der Waals surface area contributed by atoms with Gasteiger partial charge in [0.05, 0.1) is 13.7 Å². The van der Waals surface area contributed by atoms with Crippen LogP contribution in [0.25, 0.3) is 0 Å². The lowest BCUT2D eigenvalue weighted by molar-refractivity contribution is -0.122. The average molecular weight is 433 g/mol.